The normalized spacial score (nSPS) is 16.9. The molecule has 27 heavy (non-hydrogen) atoms. The van der Waals surface area contributed by atoms with Gasteiger partial charge in [0.1, 0.15) is 11.9 Å². The van der Waals surface area contributed by atoms with Crippen molar-refractivity contribution < 1.29 is 14.3 Å². The Balaban J connectivity index is 1.83. The summed E-state index contributed by atoms with van der Waals surface area (Å²) in [5.41, 5.74) is 0.529. The van der Waals surface area contributed by atoms with Gasteiger partial charge in [0.05, 0.1) is 11.6 Å². The third-order valence-corrected chi connectivity index (χ3v) is 5.86. The molecule has 152 valence electrons. The van der Waals surface area contributed by atoms with E-state index in [-0.39, 0.29) is 12.0 Å². The van der Waals surface area contributed by atoms with Gasteiger partial charge in [0.25, 0.3) is 5.91 Å². The van der Waals surface area contributed by atoms with Crippen LogP contribution in [0.2, 0.25) is 5.02 Å². The van der Waals surface area contributed by atoms with Crippen molar-refractivity contribution >= 4 is 29.3 Å². The number of likely N-dealkylation sites (tertiary alicyclic amines) is 1. The van der Waals surface area contributed by atoms with E-state index < -0.39 is 0 Å². The van der Waals surface area contributed by atoms with Gasteiger partial charge < -0.3 is 19.7 Å². The van der Waals surface area contributed by atoms with E-state index in [0.717, 1.165) is 25.9 Å². The molecule has 1 aliphatic rings. The highest BCUT2D eigenvalue weighted by Crippen LogP contribution is 2.29. The van der Waals surface area contributed by atoms with Crippen LogP contribution in [0.4, 0.5) is 0 Å². The lowest BCUT2D eigenvalue weighted by Gasteiger charge is -2.36. The Morgan fingerprint density at radius 3 is 2.78 bits per heavy atom. The molecule has 5 nitrogen and oxygen atoms in total. The number of thioether (sulfide) groups is 1. The molecule has 0 saturated carbocycles. The Morgan fingerprint density at radius 1 is 1.41 bits per heavy atom. The van der Waals surface area contributed by atoms with E-state index in [2.05, 4.69) is 23.4 Å². The first-order valence-corrected chi connectivity index (χ1v) is 11.3. The summed E-state index contributed by atoms with van der Waals surface area (Å²) in [5.74, 6) is 1.70. The molecule has 1 fully saturated rings. The van der Waals surface area contributed by atoms with Crippen molar-refractivity contribution in [3.63, 3.8) is 0 Å². The Kier molecular flexibility index (Phi) is 9.76. The van der Waals surface area contributed by atoms with Gasteiger partial charge in [0.15, 0.2) is 0 Å². The highest BCUT2D eigenvalue weighted by molar-refractivity contribution is 7.98. The molecule has 1 amide bonds. The van der Waals surface area contributed by atoms with Crippen molar-refractivity contribution in [3.8, 4) is 5.75 Å². The van der Waals surface area contributed by atoms with E-state index in [1.807, 2.05) is 11.8 Å². The minimum Gasteiger partial charge on any atom is -0.489 e. The fourth-order valence-corrected chi connectivity index (χ4v) is 3.99. The predicted molar refractivity (Wildman–Crippen MR) is 113 cm³/mol. The largest absolute Gasteiger partial charge is 0.489 e. The molecule has 1 aliphatic heterocycles. The van der Waals surface area contributed by atoms with E-state index in [9.17, 15) is 4.79 Å². The van der Waals surface area contributed by atoms with Gasteiger partial charge >= 0.3 is 0 Å². The van der Waals surface area contributed by atoms with Crippen LogP contribution in [0.1, 0.15) is 36.5 Å². The first kappa shape index (κ1) is 22.3. The number of piperidine rings is 1. The topological polar surface area (TPSA) is 50.8 Å². The van der Waals surface area contributed by atoms with Crippen molar-refractivity contribution in [1.29, 1.82) is 0 Å². The Bertz CT molecular complexity index is 595. The molecule has 0 bridgehead atoms. The number of carbonyl (C=O) groups is 1. The fourth-order valence-electron chi connectivity index (χ4n) is 3.19. The van der Waals surface area contributed by atoms with Gasteiger partial charge in [-0.25, -0.2) is 0 Å². The summed E-state index contributed by atoms with van der Waals surface area (Å²) in [6.45, 7) is 5.37. The van der Waals surface area contributed by atoms with Crippen LogP contribution in [-0.4, -0.2) is 68.3 Å². The highest BCUT2D eigenvalue weighted by Gasteiger charge is 2.24. The molecular weight excluding hydrogens is 384 g/mol. The van der Waals surface area contributed by atoms with Crippen molar-refractivity contribution in [2.24, 2.45) is 0 Å². The van der Waals surface area contributed by atoms with Crippen LogP contribution in [0.25, 0.3) is 0 Å². The van der Waals surface area contributed by atoms with Crippen LogP contribution in [0.15, 0.2) is 18.2 Å². The first-order valence-electron chi connectivity index (χ1n) is 9.51. The molecule has 1 aromatic carbocycles. The van der Waals surface area contributed by atoms with E-state index in [0.29, 0.717) is 35.5 Å². The number of carbonyl (C=O) groups excluding carboxylic acids is 1. The van der Waals surface area contributed by atoms with Gasteiger partial charge in [0.2, 0.25) is 0 Å². The van der Waals surface area contributed by atoms with Gasteiger partial charge in [-0.15, -0.1) is 0 Å². The van der Waals surface area contributed by atoms with Crippen LogP contribution in [0.3, 0.4) is 0 Å². The monoisotopic (exact) mass is 414 g/mol. The van der Waals surface area contributed by atoms with Gasteiger partial charge in [-0.05, 0) is 56.4 Å². The average molecular weight is 415 g/mol. The first-order chi connectivity index (χ1) is 13.0. The molecule has 1 atom stereocenters. The molecule has 0 unspecified atom stereocenters. The van der Waals surface area contributed by atoms with E-state index in [4.69, 9.17) is 21.1 Å². The molecule has 1 saturated heterocycles. The number of nitrogens with one attached hydrogen (secondary N) is 1. The van der Waals surface area contributed by atoms with Crippen LogP contribution in [-0.2, 0) is 4.74 Å². The number of methoxy groups -OCH3 is 1. The van der Waals surface area contributed by atoms with Crippen molar-refractivity contribution in [1.82, 2.24) is 10.2 Å². The maximum atomic E-state index is 12.1. The zero-order valence-electron chi connectivity index (χ0n) is 16.5. The number of rotatable bonds is 10. The summed E-state index contributed by atoms with van der Waals surface area (Å²) in [6, 6.07) is 5.83. The van der Waals surface area contributed by atoms with Crippen molar-refractivity contribution in [3.05, 3.63) is 28.8 Å². The van der Waals surface area contributed by atoms with E-state index in [1.54, 1.807) is 25.3 Å². The Morgan fingerprint density at radius 2 is 2.15 bits per heavy atom. The standard InChI is InChI=1S/C20H31ClN2O3S/c1-15(8-13-27-3)23-10-6-17(7-11-23)26-19-5-4-16(14-18(19)21)20(24)22-9-12-25-2/h4-5,14-15,17H,6-13H2,1-3H3,(H,22,24)/t15-/m0/s1. The number of amides is 1. The van der Waals surface area contributed by atoms with E-state index in [1.165, 1.54) is 12.2 Å². The SMILES string of the molecule is COCCNC(=O)c1ccc(OC2CCN([C@@H](C)CCSC)CC2)c(Cl)c1. The van der Waals surface area contributed by atoms with Crippen LogP contribution < -0.4 is 10.1 Å². The summed E-state index contributed by atoms with van der Waals surface area (Å²) in [5, 5.41) is 3.26. The maximum absolute atomic E-state index is 12.1. The summed E-state index contributed by atoms with van der Waals surface area (Å²) < 4.78 is 11.0. The molecule has 2 rings (SSSR count). The van der Waals surface area contributed by atoms with Gasteiger partial charge in [-0.2, -0.15) is 11.8 Å². The number of hydrogen-bond donors (Lipinski definition) is 1. The third-order valence-electron chi connectivity index (χ3n) is 4.92. The molecule has 1 aromatic rings. The zero-order chi connectivity index (χ0) is 19.6. The number of hydrogen-bond acceptors (Lipinski definition) is 5. The average Bonchev–Trinajstić information content (AvgIpc) is 2.68. The van der Waals surface area contributed by atoms with Gasteiger partial charge in [-0.1, -0.05) is 11.6 Å². The second-order valence-electron chi connectivity index (χ2n) is 6.88. The second-order valence-corrected chi connectivity index (χ2v) is 8.27. The van der Waals surface area contributed by atoms with Crippen LogP contribution in [0.5, 0.6) is 5.75 Å². The predicted octanol–water partition coefficient (Wildman–Crippen LogP) is 3.70. The molecule has 0 aromatic heterocycles. The van der Waals surface area contributed by atoms with Gasteiger partial charge in [-0.3, -0.25) is 4.79 Å². The quantitative estimate of drug-likeness (QED) is 0.591. The highest BCUT2D eigenvalue weighted by atomic mass is 35.5. The number of nitrogens with zero attached hydrogens (tertiary/aromatic N) is 1. The molecule has 0 radical (unpaired) electrons. The van der Waals surface area contributed by atoms with Crippen molar-refractivity contribution in [2.45, 2.75) is 38.3 Å². The zero-order valence-corrected chi connectivity index (χ0v) is 18.1. The second kappa shape index (κ2) is 11.8. The Labute approximate surface area is 172 Å². The fraction of sp³-hybridized carbons (Fsp3) is 0.650. The smallest absolute Gasteiger partial charge is 0.251 e. The Hall–Kier alpha value is -0.950. The summed E-state index contributed by atoms with van der Waals surface area (Å²) in [4.78, 5) is 14.6. The molecule has 1 heterocycles. The molecule has 1 N–H and O–H groups in total. The summed E-state index contributed by atoms with van der Waals surface area (Å²) in [6.07, 6.45) is 5.56. The molecule has 0 aliphatic carbocycles. The lowest BCUT2D eigenvalue weighted by Crippen LogP contribution is -2.43. The van der Waals surface area contributed by atoms with E-state index >= 15 is 0 Å². The van der Waals surface area contributed by atoms with Crippen LogP contribution >= 0.6 is 23.4 Å². The lowest BCUT2D eigenvalue weighted by atomic mass is 10.0. The number of benzene rings is 1. The third kappa shape index (κ3) is 7.18. The van der Waals surface area contributed by atoms with Gasteiger partial charge in [0, 0.05) is 38.3 Å². The molecular formula is C20H31ClN2O3S. The minimum atomic E-state index is -0.159. The lowest BCUT2D eigenvalue weighted by molar-refractivity contribution is 0.0791. The van der Waals surface area contributed by atoms with Crippen molar-refractivity contribution in [2.75, 3.05) is 45.4 Å². The number of ether oxygens (including phenoxy) is 2. The molecule has 7 heteroatoms. The maximum Gasteiger partial charge on any atom is 0.251 e. The summed E-state index contributed by atoms with van der Waals surface area (Å²) in [7, 11) is 1.60. The minimum absolute atomic E-state index is 0.159. The van der Waals surface area contributed by atoms with Crippen LogP contribution in [0, 0.1) is 0 Å². The summed E-state index contributed by atoms with van der Waals surface area (Å²) >= 11 is 8.25. The number of halogens is 1. The molecule has 0 spiro atoms.